The van der Waals surface area contributed by atoms with E-state index in [0.29, 0.717) is 27.1 Å². The molecule has 0 bridgehead atoms. The van der Waals surface area contributed by atoms with Gasteiger partial charge in [-0.1, -0.05) is 47.5 Å². The monoisotopic (exact) mass is 313 g/mol. The second kappa shape index (κ2) is 5.65. The first-order valence-electron chi connectivity index (χ1n) is 6.24. The molecule has 4 heteroatoms. The van der Waals surface area contributed by atoms with Crippen molar-refractivity contribution in [2.24, 2.45) is 0 Å². The molecule has 0 fully saturated rings. The minimum atomic E-state index is 0.437. The van der Waals surface area contributed by atoms with Crippen LogP contribution in [0, 0.1) is 11.3 Å². The molecule has 3 rings (SSSR count). The highest BCUT2D eigenvalue weighted by Crippen LogP contribution is 2.34. The lowest BCUT2D eigenvalue weighted by Gasteiger charge is -2.10. The van der Waals surface area contributed by atoms with E-state index in [9.17, 15) is 0 Å². The molecule has 0 N–H and O–H groups in total. The molecule has 0 unspecified atom stereocenters. The van der Waals surface area contributed by atoms with Gasteiger partial charge in [-0.05, 0) is 24.3 Å². The summed E-state index contributed by atoms with van der Waals surface area (Å²) < 4.78 is 5.87. The number of hydrogen-bond donors (Lipinski definition) is 0. The van der Waals surface area contributed by atoms with E-state index in [1.807, 2.05) is 24.3 Å². The van der Waals surface area contributed by atoms with Crippen LogP contribution < -0.4 is 4.74 Å². The van der Waals surface area contributed by atoms with E-state index in [2.05, 4.69) is 6.07 Å². The van der Waals surface area contributed by atoms with Gasteiger partial charge in [0.05, 0.1) is 21.7 Å². The van der Waals surface area contributed by atoms with Crippen molar-refractivity contribution in [1.29, 1.82) is 5.26 Å². The maximum Gasteiger partial charge on any atom is 0.135 e. The van der Waals surface area contributed by atoms with Crippen LogP contribution >= 0.6 is 23.2 Å². The summed E-state index contributed by atoms with van der Waals surface area (Å²) in [6.45, 7) is 0. The smallest absolute Gasteiger partial charge is 0.135 e. The highest BCUT2D eigenvalue weighted by molar-refractivity contribution is 6.42. The largest absolute Gasteiger partial charge is 0.457 e. The van der Waals surface area contributed by atoms with Crippen LogP contribution in [0.25, 0.3) is 10.8 Å². The normalized spacial score (nSPS) is 10.3. The minimum Gasteiger partial charge on any atom is -0.457 e. The van der Waals surface area contributed by atoms with E-state index in [-0.39, 0.29) is 0 Å². The zero-order chi connectivity index (χ0) is 14.8. The molecule has 0 spiro atoms. The van der Waals surface area contributed by atoms with Gasteiger partial charge in [0.1, 0.15) is 11.5 Å². The van der Waals surface area contributed by atoms with Gasteiger partial charge in [0.2, 0.25) is 0 Å². The van der Waals surface area contributed by atoms with Crippen LogP contribution in [-0.4, -0.2) is 0 Å². The van der Waals surface area contributed by atoms with Crippen LogP contribution in [0.15, 0.2) is 54.6 Å². The van der Waals surface area contributed by atoms with Crippen molar-refractivity contribution in [1.82, 2.24) is 0 Å². The fourth-order valence-electron chi connectivity index (χ4n) is 2.13. The number of halogens is 2. The Hall–Kier alpha value is -2.21. The molecule has 0 saturated heterocycles. The summed E-state index contributed by atoms with van der Waals surface area (Å²) >= 11 is 11.9. The van der Waals surface area contributed by atoms with Gasteiger partial charge >= 0.3 is 0 Å². The molecule has 0 heterocycles. The Morgan fingerprint density at radius 3 is 2.33 bits per heavy atom. The third-order valence-electron chi connectivity index (χ3n) is 3.12. The molecule has 0 aromatic heterocycles. The number of nitriles is 1. The van der Waals surface area contributed by atoms with Crippen molar-refractivity contribution < 1.29 is 4.74 Å². The molecule has 0 saturated carbocycles. The van der Waals surface area contributed by atoms with Gasteiger partial charge in [-0.2, -0.15) is 5.26 Å². The summed E-state index contributed by atoms with van der Waals surface area (Å²) in [7, 11) is 0. The van der Waals surface area contributed by atoms with E-state index in [0.717, 1.165) is 10.8 Å². The molecule has 0 atom stereocenters. The molecule has 0 aliphatic heterocycles. The fraction of sp³-hybridized carbons (Fsp3) is 0. The molecule has 0 amide bonds. The van der Waals surface area contributed by atoms with Crippen LogP contribution in [0.1, 0.15) is 5.56 Å². The van der Waals surface area contributed by atoms with E-state index in [1.54, 1.807) is 30.3 Å². The number of fused-ring (bicyclic) bond motifs is 1. The second-order valence-corrected chi connectivity index (χ2v) is 5.26. The summed E-state index contributed by atoms with van der Waals surface area (Å²) in [6.07, 6.45) is 0. The lowest BCUT2D eigenvalue weighted by atomic mass is 10.0. The molecular formula is C17H9Cl2NO. The topological polar surface area (TPSA) is 33.0 Å². The molecule has 102 valence electrons. The predicted octanol–water partition coefficient (Wildman–Crippen LogP) is 5.81. The minimum absolute atomic E-state index is 0.437. The van der Waals surface area contributed by atoms with Crippen molar-refractivity contribution in [3.63, 3.8) is 0 Å². The van der Waals surface area contributed by atoms with Gasteiger partial charge in [-0.25, -0.2) is 0 Å². The molecule has 0 radical (unpaired) electrons. The summed E-state index contributed by atoms with van der Waals surface area (Å²) in [5.74, 6) is 1.27. The SMILES string of the molecule is N#Cc1ccc(Oc2ccc(Cl)c(Cl)c2)c2ccccc12. The van der Waals surface area contributed by atoms with Crippen LogP contribution in [0.4, 0.5) is 0 Å². The third kappa shape index (κ3) is 2.67. The zero-order valence-corrected chi connectivity index (χ0v) is 12.3. The van der Waals surface area contributed by atoms with Gasteiger partial charge in [0.15, 0.2) is 0 Å². The number of rotatable bonds is 2. The number of hydrogen-bond acceptors (Lipinski definition) is 2. The lowest BCUT2D eigenvalue weighted by molar-refractivity contribution is 0.488. The van der Waals surface area contributed by atoms with Crippen molar-refractivity contribution in [2.45, 2.75) is 0 Å². The Balaban J connectivity index is 2.09. The predicted molar refractivity (Wildman–Crippen MR) is 85.2 cm³/mol. The number of benzene rings is 3. The highest BCUT2D eigenvalue weighted by atomic mass is 35.5. The van der Waals surface area contributed by atoms with Gasteiger partial charge in [-0.15, -0.1) is 0 Å². The van der Waals surface area contributed by atoms with Gasteiger partial charge in [0.25, 0.3) is 0 Å². The Morgan fingerprint density at radius 2 is 1.62 bits per heavy atom. The van der Waals surface area contributed by atoms with Crippen molar-refractivity contribution in [3.05, 3.63) is 70.2 Å². The Labute approximate surface area is 132 Å². The summed E-state index contributed by atoms with van der Waals surface area (Å²) in [6, 6.07) is 18.4. The highest BCUT2D eigenvalue weighted by Gasteiger charge is 2.08. The summed E-state index contributed by atoms with van der Waals surface area (Å²) in [5, 5.41) is 11.8. The van der Waals surface area contributed by atoms with Crippen molar-refractivity contribution in [3.8, 4) is 17.6 Å². The maximum atomic E-state index is 9.16. The summed E-state index contributed by atoms with van der Waals surface area (Å²) in [5.41, 5.74) is 0.618. The maximum absolute atomic E-state index is 9.16. The average molecular weight is 314 g/mol. The quantitative estimate of drug-likeness (QED) is 0.598. The van der Waals surface area contributed by atoms with Crippen molar-refractivity contribution >= 4 is 34.0 Å². The van der Waals surface area contributed by atoms with E-state index in [1.165, 1.54) is 0 Å². The zero-order valence-electron chi connectivity index (χ0n) is 10.8. The molecule has 2 nitrogen and oxygen atoms in total. The van der Waals surface area contributed by atoms with E-state index < -0.39 is 0 Å². The van der Waals surface area contributed by atoms with Crippen LogP contribution in [-0.2, 0) is 0 Å². The Morgan fingerprint density at radius 1 is 0.857 bits per heavy atom. The molecule has 0 aliphatic carbocycles. The number of ether oxygens (including phenoxy) is 1. The lowest BCUT2D eigenvalue weighted by Crippen LogP contribution is -1.88. The van der Waals surface area contributed by atoms with Gasteiger partial charge < -0.3 is 4.74 Å². The van der Waals surface area contributed by atoms with E-state index >= 15 is 0 Å². The average Bonchev–Trinajstić information content (AvgIpc) is 2.51. The first-order valence-corrected chi connectivity index (χ1v) is 6.99. The van der Waals surface area contributed by atoms with E-state index in [4.69, 9.17) is 33.2 Å². The Kier molecular flexibility index (Phi) is 3.70. The first-order chi connectivity index (χ1) is 10.2. The standard InChI is InChI=1S/C17H9Cl2NO/c18-15-7-6-12(9-16(15)19)21-17-8-5-11(10-20)13-3-1-2-4-14(13)17/h1-9H. The molecule has 21 heavy (non-hydrogen) atoms. The van der Waals surface area contributed by atoms with Crippen LogP contribution in [0.2, 0.25) is 10.0 Å². The third-order valence-corrected chi connectivity index (χ3v) is 3.86. The number of nitrogens with zero attached hydrogens (tertiary/aromatic N) is 1. The molecule has 3 aromatic rings. The van der Waals surface area contributed by atoms with Gasteiger partial charge in [0, 0.05) is 16.8 Å². The second-order valence-electron chi connectivity index (χ2n) is 4.45. The van der Waals surface area contributed by atoms with Crippen molar-refractivity contribution in [2.75, 3.05) is 0 Å². The van der Waals surface area contributed by atoms with Crippen LogP contribution in [0.5, 0.6) is 11.5 Å². The molecular weight excluding hydrogens is 305 g/mol. The first kappa shape index (κ1) is 13.8. The van der Waals surface area contributed by atoms with Crippen LogP contribution in [0.3, 0.4) is 0 Å². The molecule has 0 aliphatic rings. The fourth-order valence-corrected chi connectivity index (χ4v) is 2.41. The summed E-state index contributed by atoms with van der Waals surface area (Å²) in [4.78, 5) is 0. The molecule has 3 aromatic carbocycles. The van der Waals surface area contributed by atoms with Gasteiger partial charge in [-0.3, -0.25) is 0 Å². The Bertz CT molecular complexity index is 868.